The first-order chi connectivity index (χ1) is 20.7. The lowest BCUT2D eigenvalue weighted by molar-refractivity contribution is -0.938. The first-order valence-corrected chi connectivity index (χ1v) is 16.7. The topological polar surface area (TPSA) is 104 Å². The van der Waals surface area contributed by atoms with Crippen molar-refractivity contribution in [3.63, 3.8) is 0 Å². The molecule has 44 heavy (non-hydrogen) atoms. The lowest BCUT2D eigenvalue weighted by Crippen LogP contribution is -2.60. The van der Waals surface area contributed by atoms with Gasteiger partial charge in [-0.15, -0.1) is 0 Å². The summed E-state index contributed by atoms with van der Waals surface area (Å²) < 4.78 is -1.42. The molecule has 0 aromatic heterocycles. The van der Waals surface area contributed by atoms with E-state index < -0.39 is 21.4 Å². The van der Waals surface area contributed by atoms with Crippen molar-refractivity contribution in [3.05, 3.63) is 69.1 Å². The largest absolute Gasteiger partial charge is 0.632 e. The highest BCUT2D eigenvalue weighted by molar-refractivity contribution is 5.96. The Morgan fingerprint density at radius 2 is 0.932 bits per heavy atom. The average Bonchev–Trinajstić information content (AvgIpc) is 3.54. The van der Waals surface area contributed by atoms with Crippen LogP contribution in [0.4, 0.5) is 11.4 Å². The van der Waals surface area contributed by atoms with Gasteiger partial charge in [0.2, 0.25) is 0 Å². The van der Waals surface area contributed by atoms with Crippen molar-refractivity contribution in [2.24, 2.45) is 0 Å². The predicted molar refractivity (Wildman–Crippen MR) is 179 cm³/mol. The molecule has 2 heterocycles. The molecular weight excluding hydrogens is 552 g/mol. The van der Waals surface area contributed by atoms with E-state index in [2.05, 4.69) is 66.0 Å². The van der Waals surface area contributed by atoms with Gasteiger partial charge in [0.25, 0.3) is 11.8 Å². The number of carbonyl (C=O) groups is 2. The third-order valence-corrected chi connectivity index (χ3v) is 9.87. The second kappa shape index (κ2) is 13.7. The number of benzene rings is 2. The smallest absolute Gasteiger partial charge is 0.283 e. The van der Waals surface area contributed by atoms with Crippen LogP contribution >= 0.6 is 0 Å². The highest BCUT2D eigenvalue weighted by atomic mass is 16.6. The number of carbonyl (C=O) groups excluding carboxylic acids is 2. The van der Waals surface area contributed by atoms with Gasteiger partial charge in [-0.3, -0.25) is 9.59 Å². The van der Waals surface area contributed by atoms with Gasteiger partial charge in [0, 0.05) is 37.1 Å². The predicted octanol–water partition coefficient (Wildman–Crippen LogP) is 7.71. The van der Waals surface area contributed by atoms with Crippen molar-refractivity contribution < 1.29 is 18.9 Å². The van der Waals surface area contributed by atoms with Crippen LogP contribution in [-0.2, 0) is 9.59 Å². The molecule has 2 amide bonds. The van der Waals surface area contributed by atoms with Gasteiger partial charge in [0.15, 0.2) is 12.1 Å². The van der Waals surface area contributed by atoms with Crippen LogP contribution in [0.2, 0.25) is 0 Å². The zero-order valence-electron chi connectivity index (χ0n) is 28.1. The molecule has 2 fully saturated rings. The van der Waals surface area contributed by atoms with Gasteiger partial charge >= 0.3 is 0 Å². The third-order valence-electron chi connectivity index (χ3n) is 9.87. The standard InChI is InChI=1S/C36H54N4O4/c1-23(2)27-13-9-14-28(24(3)4)33(27)37-35(41)31-17-11-19-39(31,43)21-22-40(44)20-12-18-32(40)36(42)38-34-29(25(5)6)15-10-16-30(34)26(7)8/h9-10,13-16,23-26,31-32H,11-12,17-22H2,1-8H3,(H,37,41)(H,38,42). The molecule has 2 aliphatic heterocycles. The number of hydroxylamine groups is 6. The molecular formula is C36H54N4O4. The number of hydrogen-bond donors (Lipinski definition) is 2. The maximum absolute atomic E-state index is 14.2. The fourth-order valence-corrected chi connectivity index (χ4v) is 7.25. The molecule has 0 saturated carbocycles. The Morgan fingerprint density at radius 3 is 1.20 bits per heavy atom. The van der Waals surface area contributed by atoms with Crippen molar-refractivity contribution in [2.45, 2.75) is 117 Å². The monoisotopic (exact) mass is 606 g/mol. The van der Waals surface area contributed by atoms with Gasteiger partial charge in [-0.2, -0.15) is 0 Å². The lowest BCUT2D eigenvalue weighted by atomic mass is 9.92. The summed E-state index contributed by atoms with van der Waals surface area (Å²) in [5, 5.41) is 34.8. The van der Waals surface area contributed by atoms with Crippen LogP contribution < -0.4 is 10.6 Å². The zero-order valence-corrected chi connectivity index (χ0v) is 28.1. The van der Waals surface area contributed by atoms with E-state index in [1.54, 1.807) is 0 Å². The Bertz CT molecular complexity index is 1190. The Labute approximate surface area is 264 Å². The van der Waals surface area contributed by atoms with E-state index >= 15 is 0 Å². The van der Waals surface area contributed by atoms with Crippen LogP contribution in [0.15, 0.2) is 36.4 Å². The highest BCUT2D eigenvalue weighted by Gasteiger charge is 2.45. The Hall–Kier alpha value is -2.78. The van der Waals surface area contributed by atoms with Gasteiger partial charge in [0.1, 0.15) is 13.1 Å². The molecule has 8 nitrogen and oxygen atoms in total. The van der Waals surface area contributed by atoms with Crippen LogP contribution in [0, 0.1) is 10.4 Å². The zero-order chi connectivity index (χ0) is 32.4. The van der Waals surface area contributed by atoms with E-state index in [1.807, 2.05) is 36.4 Å². The summed E-state index contributed by atoms with van der Waals surface area (Å²) in [5.74, 6) is 0.314. The molecule has 2 aliphatic rings. The second-order valence-corrected chi connectivity index (χ2v) is 14.3. The summed E-state index contributed by atoms with van der Waals surface area (Å²) in [5.41, 5.74) is 5.85. The summed E-state index contributed by atoms with van der Waals surface area (Å²) in [4.78, 5) is 27.5. The Kier molecular flexibility index (Phi) is 10.6. The number of nitrogens with one attached hydrogen (secondary N) is 2. The molecule has 2 saturated heterocycles. The molecule has 2 aromatic rings. The number of anilines is 2. The number of quaternary nitrogens is 2. The van der Waals surface area contributed by atoms with Crippen LogP contribution in [-0.4, -0.2) is 59.4 Å². The molecule has 0 bridgehead atoms. The number of nitrogens with zero attached hydrogens (tertiary/aromatic N) is 2. The van der Waals surface area contributed by atoms with E-state index in [0.717, 1.165) is 33.6 Å². The SMILES string of the molecule is CC(C)c1cccc(C(C)C)c1NC(=O)C1CCC[N+]1([O-])CC[N+]1([O-])CCCC1C(=O)Nc1c(C(C)C)cccc1C(C)C. The number of likely N-dealkylation sites (tertiary alicyclic amines) is 2. The van der Waals surface area contributed by atoms with E-state index in [0.29, 0.717) is 38.8 Å². The summed E-state index contributed by atoms with van der Waals surface area (Å²) in [6, 6.07) is 10.6. The molecule has 4 unspecified atom stereocenters. The Balaban J connectivity index is 1.51. The van der Waals surface area contributed by atoms with Crippen LogP contribution in [0.5, 0.6) is 0 Å². The maximum atomic E-state index is 14.2. The first-order valence-electron chi connectivity index (χ1n) is 16.7. The normalized spacial score (nSPS) is 25.4. The van der Waals surface area contributed by atoms with Crippen LogP contribution in [0.25, 0.3) is 0 Å². The summed E-state index contributed by atoms with van der Waals surface area (Å²) in [6.45, 7) is 17.5. The summed E-state index contributed by atoms with van der Waals surface area (Å²) in [7, 11) is 0. The van der Waals surface area contributed by atoms with E-state index in [-0.39, 0.29) is 48.6 Å². The quantitative estimate of drug-likeness (QED) is 0.202. The molecule has 0 aliphatic carbocycles. The minimum absolute atomic E-state index is 0.0219. The van der Waals surface area contributed by atoms with Crippen molar-refractivity contribution >= 4 is 23.2 Å². The van der Waals surface area contributed by atoms with Crippen LogP contribution in [0.1, 0.15) is 127 Å². The van der Waals surface area contributed by atoms with Gasteiger partial charge in [-0.05, 0) is 45.9 Å². The average molecular weight is 607 g/mol. The maximum Gasteiger partial charge on any atom is 0.283 e. The molecule has 4 atom stereocenters. The van der Waals surface area contributed by atoms with E-state index in [9.17, 15) is 20.0 Å². The number of para-hydroxylation sites is 2. The minimum Gasteiger partial charge on any atom is -0.632 e. The minimum atomic E-state index is -0.775. The molecule has 4 rings (SSSR count). The Morgan fingerprint density at radius 1 is 0.636 bits per heavy atom. The molecule has 0 spiro atoms. The van der Waals surface area contributed by atoms with Gasteiger partial charge < -0.3 is 30.3 Å². The molecule has 2 N–H and O–H groups in total. The second-order valence-electron chi connectivity index (χ2n) is 14.3. The van der Waals surface area contributed by atoms with Crippen molar-refractivity contribution in [1.82, 2.24) is 0 Å². The summed E-state index contributed by atoms with van der Waals surface area (Å²) >= 11 is 0. The van der Waals surface area contributed by atoms with Gasteiger partial charge in [-0.25, -0.2) is 0 Å². The summed E-state index contributed by atoms with van der Waals surface area (Å²) in [6.07, 6.45) is 2.25. The first kappa shape index (κ1) is 34.1. The van der Waals surface area contributed by atoms with Crippen molar-refractivity contribution in [2.75, 3.05) is 36.8 Å². The number of amides is 2. The number of hydrogen-bond acceptors (Lipinski definition) is 4. The molecule has 242 valence electrons. The van der Waals surface area contributed by atoms with Gasteiger partial charge in [-0.1, -0.05) is 91.8 Å². The van der Waals surface area contributed by atoms with Crippen molar-refractivity contribution in [3.8, 4) is 0 Å². The van der Waals surface area contributed by atoms with Crippen molar-refractivity contribution in [1.29, 1.82) is 0 Å². The third kappa shape index (κ3) is 7.04. The molecule has 0 radical (unpaired) electrons. The van der Waals surface area contributed by atoms with E-state index in [1.165, 1.54) is 0 Å². The lowest BCUT2D eigenvalue weighted by Gasteiger charge is -2.49. The highest BCUT2D eigenvalue weighted by Crippen LogP contribution is 2.37. The fraction of sp³-hybridized carbons (Fsp3) is 0.611. The molecule has 2 aromatic carbocycles. The van der Waals surface area contributed by atoms with E-state index in [4.69, 9.17) is 0 Å². The number of rotatable bonds is 11. The molecule has 8 heteroatoms. The fourth-order valence-electron chi connectivity index (χ4n) is 7.25. The van der Waals surface area contributed by atoms with Crippen LogP contribution in [0.3, 0.4) is 0 Å². The van der Waals surface area contributed by atoms with Gasteiger partial charge in [0.05, 0.1) is 13.1 Å².